The Hall–Kier alpha value is 0.210. The first kappa shape index (κ1) is 14.2. The molecule has 0 bridgehead atoms. The summed E-state index contributed by atoms with van der Waals surface area (Å²) in [5.41, 5.74) is 0. The predicted octanol–water partition coefficient (Wildman–Crippen LogP) is 2.75. The molecule has 0 saturated carbocycles. The number of ether oxygens (including phenoxy) is 1. The van der Waals surface area contributed by atoms with Crippen molar-refractivity contribution in [3.05, 3.63) is 0 Å². The van der Waals surface area contributed by atoms with Crippen molar-refractivity contribution in [2.24, 2.45) is 0 Å². The highest BCUT2D eigenvalue weighted by Crippen LogP contribution is 2.02. The number of nitrogens with zero attached hydrogens (tertiary/aromatic N) is 1. The van der Waals surface area contributed by atoms with Crippen molar-refractivity contribution in [1.82, 2.24) is 4.90 Å². The van der Waals surface area contributed by atoms with Crippen LogP contribution in [0.5, 0.6) is 0 Å². The minimum atomic E-state index is 0.611. The van der Waals surface area contributed by atoms with E-state index in [1.807, 2.05) is 6.92 Å². The van der Waals surface area contributed by atoms with Gasteiger partial charge in [-0.15, -0.1) is 11.6 Å². The molecule has 0 atom stereocenters. The molecule has 0 aliphatic heterocycles. The highest BCUT2D eigenvalue weighted by Gasteiger charge is 2.07. The molecule has 0 fully saturated rings. The molecule has 0 aliphatic rings. The molecule has 0 heterocycles. The molecule has 0 N–H and O–H groups in total. The van der Waals surface area contributed by atoms with E-state index in [4.69, 9.17) is 16.3 Å². The lowest BCUT2D eigenvalue weighted by Gasteiger charge is -2.25. The van der Waals surface area contributed by atoms with Crippen molar-refractivity contribution in [2.45, 2.75) is 39.7 Å². The molecule has 2 nitrogen and oxygen atoms in total. The van der Waals surface area contributed by atoms with Gasteiger partial charge in [0.05, 0.1) is 0 Å². The summed E-state index contributed by atoms with van der Waals surface area (Å²) in [6, 6.07) is 0.611. The van der Waals surface area contributed by atoms with E-state index in [2.05, 4.69) is 18.7 Å². The zero-order valence-electron chi connectivity index (χ0n) is 9.76. The molecule has 0 spiro atoms. The monoisotopic (exact) mass is 221 g/mol. The molecule has 0 unspecified atom stereocenters. The summed E-state index contributed by atoms with van der Waals surface area (Å²) in [4.78, 5) is 2.46. The molecule has 0 aromatic heterocycles. The lowest BCUT2D eigenvalue weighted by molar-refractivity contribution is 0.125. The van der Waals surface area contributed by atoms with Crippen molar-refractivity contribution in [1.29, 1.82) is 0 Å². The first-order chi connectivity index (χ1) is 6.72. The average Bonchev–Trinajstić information content (AvgIpc) is 2.16. The second-order valence-corrected chi connectivity index (χ2v) is 4.10. The standard InChI is InChI=1S/C11H24ClNO/c1-4-14-10-6-9-13(11(2)3)8-5-7-12/h11H,4-10H2,1-3H3. The van der Waals surface area contributed by atoms with Gasteiger partial charge in [0.15, 0.2) is 0 Å². The van der Waals surface area contributed by atoms with E-state index in [9.17, 15) is 0 Å². The zero-order valence-corrected chi connectivity index (χ0v) is 10.5. The molecule has 0 amide bonds. The van der Waals surface area contributed by atoms with Crippen LogP contribution in [0.2, 0.25) is 0 Å². The molecule has 3 heteroatoms. The van der Waals surface area contributed by atoms with Crippen molar-refractivity contribution < 1.29 is 4.74 Å². The molecule has 0 saturated heterocycles. The fourth-order valence-corrected chi connectivity index (χ4v) is 1.52. The summed E-state index contributed by atoms with van der Waals surface area (Å²) in [5, 5.41) is 0. The molecular formula is C11H24ClNO. The minimum Gasteiger partial charge on any atom is -0.382 e. The topological polar surface area (TPSA) is 12.5 Å². The second kappa shape index (κ2) is 9.75. The average molecular weight is 222 g/mol. The number of rotatable bonds is 9. The van der Waals surface area contributed by atoms with Crippen molar-refractivity contribution in [2.75, 3.05) is 32.2 Å². The lowest BCUT2D eigenvalue weighted by Crippen LogP contribution is -2.33. The van der Waals surface area contributed by atoms with Gasteiger partial charge in [0.2, 0.25) is 0 Å². The van der Waals surface area contributed by atoms with Gasteiger partial charge in [0.25, 0.3) is 0 Å². The highest BCUT2D eigenvalue weighted by molar-refractivity contribution is 6.17. The normalized spacial score (nSPS) is 11.6. The second-order valence-electron chi connectivity index (χ2n) is 3.72. The Labute approximate surface area is 93.6 Å². The van der Waals surface area contributed by atoms with Gasteiger partial charge in [-0.25, -0.2) is 0 Å². The van der Waals surface area contributed by atoms with Crippen LogP contribution in [-0.4, -0.2) is 43.1 Å². The molecule has 0 aromatic carbocycles. The van der Waals surface area contributed by atoms with Gasteiger partial charge in [-0.1, -0.05) is 0 Å². The lowest BCUT2D eigenvalue weighted by atomic mass is 10.2. The maximum Gasteiger partial charge on any atom is 0.0478 e. The summed E-state index contributed by atoms with van der Waals surface area (Å²) in [7, 11) is 0. The third kappa shape index (κ3) is 7.60. The van der Waals surface area contributed by atoms with Crippen molar-refractivity contribution in [3.8, 4) is 0 Å². The molecule has 0 aromatic rings. The quantitative estimate of drug-likeness (QED) is 0.439. The Bertz CT molecular complexity index is 120. The summed E-state index contributed by atoms with van der Waals surface area (Å²) < 4.78 is 5.32. The maximum atomic E-state index is 5.68. The van der Waals surface area contributed by atoms with E-state index in [-0.39, 0.29) is 0 Å². The predicted molar refractivity (Wildman–Crippen MR) is 63.2 cm³/mol. The molecule has 0 rings (SSSR count). The van der Waals surface area contributed by atoms with Crippen LogP contribution >= 0.6 is 11.6 Å². The maximum absolute atomic E-state index is 5.68. The number of hydrogen-bond acceptors (Lipinski definition) is 2. The van der Waals surface area contributed by atoms with Gasteiger partial charge in [0.1, 0.15) is 0 Å². The van der Waals surface area contributed by atoms with E-state index < -0.39 is 0 Å². The number of hydrogen-bond donors (Lipinski definition) is 0. The van der Waals surface area contributed by atoms with E-state index in [0.717, 1.165) is 45.0 Å². The SMILES string of the molecule is CCOCCCN(CCCCl)C(C)C. The summed E-state index contributed by atoms with van der Waals surface area (Å²) in [6.07, 6.45) is 2.20. The van der Waals surface area contributed by atoms with Crippen molar-refractivity contribution >= 4 is 11.6 Å². The summed E-state index contributed by atoms with van der Waals surface area (Å²) >= 11 is 5.68. The van der Waals surface area contributed by atoms with Crippen LogP contribution in [0.15, 0.2) is 0 Å². The van der Waals surface area contributed by atoms with Crippen molar-refractivity contribution in [3.63, 3.8) is 0 Å². The van der Waals surface area contributed by atoms with E-state index in [0.29, 0.717) is 6.04 Å². The van der Waals surface area contributed by atoms with Gasteiger partial charge < -0.3 is 9.64 Å². The summed E-state index contributed by atoms with van der Waals surface area (Å²) in [5.74, 6) is 0.759. The minimum absolute atomic E-state index is 0.611. The molecule has 14 heavy (non-hydrogen) atoms. The third-order valence-electron chi connectivity index (χ3n) is 2.25. The fraction of sp³-hybridized carbons (Fsp3) is 1.00. The Morgan fingerprint density at radius 1 is 1.21 bits per heavy atom. The van der Waals surface area contributed by atoms with Crippen LogP contribution in [0.4, 0.5) is 0 Å². The van der Waals surface area contributed by atoms with Gasteiger partial charge in [-0.05, 0) is 40.2 Å². The van der Waals surface area contributed by atoms with E-state index in [1.165, 1.54) is 0 Å². The van der Waals surface area contributed by atoms with Crippen LogP contribution in [0, 0.1) is 0 Å². The smallest absolute Gasteiger partial charge is 0.0478 e. The van der Waals surface area contributed by atoms with Gasteiger partial charge in [-0.2, -0.15) is 0 Å². The first-order valence-electron chi connectivity index (χ1n) is 5.60. The molecule has 86 valence electrons. The largest absolute Gasteiger partial charge is 0.382 e. The van der Waals surface area contributed by atoms with Crippen LogP contribution in [0.3, 0.4) is 0 Å². The zero-order chi connectivity index (χ0) is 10.8. The molecule has 0 radical (unpaired) electrons. The van der Waals surface area contributed by atoms with E-state index >= 15 is 0 Å². The first-order valence-corrected chi connectivity index (χ1v) is 6.13. The summed E-state index contributed by atoms with van der Waals surface area (Å²) in [6.45, 7) is 10.4. The van der Waals surface area contributed by atoms with Gasteiger partial charge >= 0.3 is 0 Å². The van der Waals surface area contributed by atoms with E-state index in [1.54, 1.807) is 0 Å². The van der Waals surface area contributed by atoms with Crippen LogP contribution in [0.25, 0.3) is 0 Å². The Morgan fingerprint density at radius 2 is 1.86 bits per heavy atom. The fourth-order valence-electron chi connectivity index (χ4n) is 1.41. The van der Waals surface area contributed by atoms with Crippen LogP contribution in [0.1, 0.15) is 33.6 Å². The molecule has 0 aliphatic carbocycles. The Morgan fingerprint density at radius 3 is 2.36 bits per heavy atom. The van der Waals surface area contributed by atoms with Crippen LogP contribution < -0.4 is 0 Å². The molecular weight excluding hydrogens is 198 g/mol. The third-order valence-corrected chi connectivity index (χ3v) is 2.51. The Balaban J connectivity index is 3.52. The number of halogens is 1. The van der Waals surface area contributed by atoms with Crippen LogP contribution in [-0.2, 0) is 4.74 Å². The van der Waals surface area contributed by atoms with Gasteiger partial charge in [-0.3, -0.25) is 0 Å². The highest BCUT2D eigenvalue weighted by atomic mass is 35.5. The Kier molecular flexibility index (Phi) is 9.90. The number of alkyl halides is 1. The van der Waals surface area contributed by atoms with Gasteiger partial charge in [0, 0.05) is 31.7 Å².